The normalized spacial score (nSPS) is 16.1. The summed E-state index contributed by atoms with van der Waals surface area (Å²) in [6.07, 6.45) is 7.51. The molecule has 0 aliphatic heterocycles. The quantitative estimate of drug-likeness (QED) is 0.444. The molecule has 2 amide bonds. The van der Waals surface area contributed by atoms with Crippen molar-refractivity contribution in [3.8, 4) is 0 Å². The number of carbonyl (C=O) groups is 2. The fourth-order valence-corrected chi connectivity index (χ4v) is 5.16. The minimum atomic E-state index is -3.80. The molecule has 1 fully saturated rings. The van der Waals surface area contributed by atoms with Crippen LogP contribution in [0.2, 0.25) is 0 Å². The van der Waals surface area contributed by atoms with Gasteiger partial charge in [-0.25, -0.2) is 8.42 Å². The molecule has 1 saturated carbocycles. The second-order valence-corrected chi connectivity index (χ2v) is 10.4. The highest BCUT2D eigenvalue weighted by Crippen LogP contribution is 2.23. The summed E-state index contributed by atoms with van der Waals surface area (Å²) in [7, 11) is -3.80. The van der Waals surface area contributed by atoms with Crippen molar-refractivity contribution in [2.75, 3.05) is 25.1 Å². The zero-order valence-electron chi connectivity index (χ0n) is 17.8. The number of sulfonamides is 1. The molecule has 1 aliphatic carbocycles. The Kier molecular flexibility index (Phi) is 10.1. The van der Waals surface area contributed by atoms with Gasteiger partial charge in [-0.05, 0) is 50.3 Å². The summed E-state index contributed by atoms with van der Waals surface area (Å²) in [4.78, 5) is 24.9. The Balaban J connectivity index is 1.86. The van der Waals surface area contributed by atoms with Gasteiger partial charge in [-0.3, -0.25) is 9.59 Å². The van der Waals surface area contributed by atoms with Gasteiger partial charge in [-0.2, -0.15) is 16.5 Å². The molecular weight excluding hydrogens is 422 g/mol. The van der Waals surface area contributed by atoms with E-state index < -0.39 is 16.1 Å². The lowest BCUT2D eigenvalue weighted by Crippen LogP contribution is -2.48. The third-order valence-corrected chi connectivity index (χ3v) is 7.39. The number of hydrogen-bond acceptors (Lipinski definition) is 5. The van der Waals surface area contributed by atoms with Crippen LogP contribution in [0, 0.1) is 12.8 Å². The van der Waals surface area contributed by atoms with E-state index >= 15 is 0 Å². The number of rotatable bonds is 11. The second-order valence-electron chi connectivity index (χ2n) is 7.69. The fourth-order valence-electron chi connectivity index (χ4n) is 3.46. The van der Waals surface area contributed by atoms with Gasteiger partial charge in [-0.15, -0.1) is 0 Å². The van der Waals surface area contributed by atoms with Gasteiger partial charge in [-0.1, -0.05) is 37.0 Å². The summed E-state index contributed by atoms with van der Waals surface area (Å²) in [6, 6.07) is 5.64. The van der Waals surface area contributed by atoms with Crippen LogP contribution in [0.15, 0.2) is 29.2 Å². The molecule has 0 aromatic heterocycles. The van der Waals surface area contributed by atoms with Crippen LogP contribution in [0.3, 0.4) is 0 Å². The number of carbonyl (C=O) groups excluding carboxylic acids is 2. The topological polar surface area (TPSA) is 104 Å². The predicted octanol–water partition coefficient (Wildman–Crippen LogP) is 2.21. The highest BCUT2D eigenvalue weighted by atomic mass is 32.2. The van der Waals surface area contributed by atoms with Crippen molar-refractivity contribution < 1.29 is 18.0 Å². The lowest BCUT2D eigenvalue weighted by Gasteiger charge is -2.21. The molecule has 1 aromatic carbocycles. The fraction of sp³-hybridized carbons (Fsp3) is 0.619. The first-order valence-electron chi connectivity index (χ1n) is 10.5. The average molecular weight is 456 g/mol. The summed E-state index contributed by atoms with van der Waals surface area (Å²) < 4.78 is 27.8. The van der Waals surface area contributed by atoms with Crippen LogP contribution in [0.4, 0.5) is 0 Å². The summed E-state index contributed by atoms with van der Waals surface area (Å²) in [5.74, 6) is 0.382. The van der Waals surface area contributed by atoms with E-state index in [1.807, 2.05) is 13.2 Å². The molecule has 1 aliphatic rings. The smallest absolute Gasteiger partial charge is 0.241 e. The number of hydrogen-bond donors (Lipinski definition) is 3. The van der Waals surface area contributed by atoms with Crippen LogP contribution in [0.1, 0.15) is 44.1 Å². The third kappa shape index (κ3) is 7.92. The van der Waals surface area contributed by atoms with Gasteiger partial charge in [0.15, 0.2) is 0 Å². The molecule has 30 heavy (non-hydrogen) atoms. The van der Waals surface area contributed by atoms with Gasteiger partial charge in [0.05, 0.1) is 4.90 Å². The summed E-state index contributed by atoms with van der Waals surface area (Å²) in [6.45, 7) is 2.48. The van der Waals surface area contributed by atoms with Gasteiger partial charge in [0, 0.05) is 19.0 Å². The maximum atomic E-state index is 12.7. The molecule has 0 radical (unpaired) electrons. The number of amides is 2. The second kappa shape index (κ2) is 12.3. The van der Waals surface area contributed by atoms with Crippen LogP contribution in [0.5, 0.6) is 0 Å². The molecule has 0 spiro atoms. The third-order valence-electron chi connectivity index (χ3n) is 5.26. The molecule has 0 bridgehead atoms. The Morgan fingerprint density at radius 3 is 2.33 bits per heavy atom. The van der Waals surface area contributed by atoms with Crippen molar-refractivity contribution in [2.45, 2.75) is 56.4 Å². The lowest BCUT2D eigenvalue weighted by atomic mass is 9.89. The van der Waals surface area contributed by atoms with Crippen molar-refractivity contribution >= 4 is 33.6 Å². The van der Waals surface area contributed by atoms with E-state index in [1.54, 1.807) is 23.9 Å². The van der Waals surface area contributed by atoms with Crippen molar-refractivity contribution in [3.05, 3.63) is 29.8 Å². The van der Waals surface area contributed by atoms with E-state index in [-0.39, 0.29) is 29.2 Å². The first-order valence-corrected chi connectivity index (χ1v) is 13.3. The predicted molar refractivity (Wildman–Crippen MR) is 121 cm³/mol. The molecular formula is C21H33N3O4S2. The molecule has 1 atom stereocenters. The Hall–Kier alpha value is -1.58. The average Bonchev–Trinajstić information content (AvgIpc) is 2.74. The molecule has 0 saturated heterocycles. The minimum Gasteiger partial charge on any atom is -0.354 e. The maximum Gasteiger partial charge on any atom is 0.241 e. The monoisotopic (exact) mass is 455 g/mol. The van der Waals surface area contributed by atoms with Gasteiger partial charge in [0.25, 0.3) is 0 Å². The summed E-state index contributed by atoms with van der Waals surface area (Å²) in [5, 5.41) is 5.62. The van der Waals surface area contributed by atoms with E-state index in [0.29, 0.717) is 18.7 Å². The Morgan fingerprint density at radius 1 is 1.07 bits per heavy atom. The van der Waals surface area contributed by atoms with E-state index in [1.165, 1.54) is 18.6 Å². The standard InChI is InChI=1S/C21H33N3O4S2/c1-16-8-10-18(11-9-16)30(27,28)24-19(12-15-29-2)21(26)23-14-13-22-20(25)17-6-4-3-5-7-17/h8-11,17,19,24H,3-7,12-15H2,1-2H3,(H,22,25)(H,23,26). The zero-order chi connectivity index (χ0) is 22.0. The molecule has 3 N–H and O–H groups in total. The van der Waals surface area contributed by atoms with E-state index in [0.717, 1.165) is 31.2 Å². The van der Waals surface area contributed by atoms with Crippen LogP contribution in [-0.2, 0) is 19.6 Å². The first kappa shape index (κ1) is 24.7. The summed E-state index contributed by atoms with van der Waals surface area (Å²) >= 11 is 1.55. The molecule has 168 valence electrons. The van der Waals surface area contributed by atoms with E-state index in [9.17, 15) is 18.0 Å². The summed E-state index contributed by atoms with van der Waals surface area (Å²) in [5.41, 5.74) is 0.959. The van der Waals surface area contributed by atoms with E-state index in [4.69, 9.17) is 0 Å². The van der Waals surface area contributed by atoms with E-state index in [2.05, 4.69) is 15.4 Å². The molecule has 0 heterocycles. The lowest BCUT2D eigenvalue weighted by molar-refractivity contribution is -0.126. The van der Waals surface area contributed by atoms with Crippen LogP contribution in [0.25, 0.3) is 0 Å². The first-order chi connectivity index (χ1) is 14.3. The van der Waals surface area contributed by atoms with Gasteiger partial charge in [0.2, 0.25) is 21.8 Å². The largest absolute Gasteiger partial charge is 0.354 e. The number of nitrogens with one attached hydrogen (secondary N) is 3. The molecule has 7 nitrogen and oxygen atoms in total. The molecule has 2 rings (SSSR count). The highest BCUT2D eigenvalue weighted by molar-refractivity contribution is 7.98. The van der Waals surface area contributed by atoms with Crippen molar-refractivity contribution in [2.24, 2.45) is 5.92 Å². The minimum absolute atomic E-state index is 0.0444. The number of benzene rings is 1. The molecule has 1 unspecified atom stereocenters. The Bertz CT molecular complexity index is 791. The van der Waals surface area contributed by atoms with Gasteiger partial charge in [0.1, 0.15) is 6.04 Å². The molecule has 1 aromatic rings. The van der Waals surface area contributed by atoms with Crippen molar-refractivity contribution in [3.63, 3.8) is 0 Å². The van der Waals surface area contributed by atoms with Gasteiger partial charge < -0.3 is 10.6 Å². The zero-order valence-corrected chi connectivity index (χ0v) is 19.4. The van der Waals surface area contributed by atoms with Crippen LogP contribution >= 0.6 is 11.8 Å². The SMILES string of the molecule is CSCCC(NS(=O)(=O)c1ccc(C)cc1)C(=O)NCCNC(=O)C1CCCCC1. The maximum absolute atomic E-state index is 12.7. The van der Waals surface area contributed by atoms with Gasteiger partial charge >= 0.3 is 0 Å². The highest BCUT2D eigenvalue weighted by Gasteiger charge is 2.25. The van der Waals surface area contributed by atoms with Crippen molar-refractivity contribution in [1.29, 1.82) is 0 Å². The Morgan fingerprint density at radius 2 is 1.70 bits per heavy atom. The molecule has 9 heteroatoms. The number of thioether (sulfide) groups is 1. The van der Waals surface area contributed by atoms with Crippen molar-refractivity contribution in [1.82, 2.24) is 15.4 Å². The number of aryl methyl sites for hydroxylation is 1. The van der Waals surface area contributed by atoms with Crippen LogP contribution < -0.4 is 15.4 Å². The van der Waals surface area contributed by atoms with Crippen LogP contribution in [-0.4, -0.2) is 51.4 Å². The Labute approximate surface area is 184 Å².